The Morgan fingerprint density at radius 1 is 1.40 bits per heavy atom. The highest BCUT2D eigenvalue weighted by atomic mass is 16.6. The molecule has 0 aliphatic carbocycles. The van der Waals surface area contributed by atoms with Gasteiger partial charge in [-0.15, -0.1) is 0 Å². The van der Waals surface area contributed by atoms with E-state index in [1.807, 2.05) is 20.8 Å². The number of anilines is 2. The van der Waals surface area contributed by atoms with Gasteiger partial charge in [0.05, 0.1) is 4.92 Å². The van der Waals surface area contributed by atoms with E-state index in [0.717, 1.165) is 0 Å². The van der Waals surface area contributed by atoms with Crippen LogP contribution in [0, 0.1) is 10.1 Å². The van der Waals surface area contributed by atoms with Crippen LogP contribution in [0.5, 0.6) is 0 Å². The van der Waals surface area contributed by atoms with E-state index in [-0.39, 0.29) is 29.2 Å². The second kappa shape index (κ2) is 6.23. The summed E-state index contributed by atoms with van der Waals surface area (Å²) in [6, 6.07) is 4.66. The van der Waals surface area contributed by atoms with Crippen molar-refractivity contribution in [3.8, 4) is 0 Å². The Hall–Kier alpha value is -2.31. The van der Waals surface area contributed by atoms with Crippen LogP contribution in [-0.4, -0.2) is 22.9 Å². The van der Waals surface area contributed by atoms with Gasteiger partial charge in [-0.3, -0.25) is 14.9 Å². The maximum absolute atomic E-state index is 11.6. The van der Waals surface area contributed by atoms with Crippen molar-refractivity contribution in [3.05, 3.63) is 28.3 Å². The molecular weight excluding hydrogens is 260 g/mol. The zero-order valence-corrected chi connectivity index (χ0v) is 11.9. The smallest absolute Gasteiger partial charge is 0.314 e. The summed E-state index contributed by atoms with van der Waals surface area (Å²) in [5.74, 6) is -0.114. The number of nitrogens with zero attached hydrogens (tertiary/aromatic N) is 1. The van der Waals surface area contributed by atoms with Crippen molar-refractivity contribution in [3.63, 3.8) is 0 Å². The number of carbonyl (C=O) groups is 1. The van der Waals surface area contributed by atoms with Crippen LogP contribution in [0.1, 0.15) is 27.2 Å². The Bertz CT molecular complexity index is 509. The molecule has 4 N–H and O–H groups in total. The normalized spacial score (nSPS) is 10.9. The molecular formula is C13H20N4O3. The molecule has 0 unspecified atom stereocenters. The van der Waals surface area contributed by atoms with Crippen LogP contribution in [0.4, 0.5) is 17.1 Å². The molecule has 1 amide bonds. The number of nitrogen functional groups attached to an aromatic ring is 1. The van der Waals surface area contributed by atoms with E-state index < -0.39 is 4.92 Å². The molecule has 1 aromatic rings. The predicted molar refractivity (Wildman–Crippen MR) is 78.5 cm³/mol. The zero-order valence-electron chi connectivity index (χ0n) is 11.9. The number of rotatable bonds is 5. The first-order valence-electron chi connectivity index (χ1n) is 6.28. The number of hydrogen-bond acceptors (Lipinski definition) is 5. The monoisotopic (exact) mass is 280 g/mol. The van der Waals surface area contributed by atoms with E-state index in [9.17, 15) is 14.9 Å². The number of nitrogens with one attached hydrogen (secondary N) is 2. The molecule has 1 rings (SSSR count). The molecule has 20 heavy (non-hydrogen) atoms. The summed E-state index contributed by atoms with van der Waals surface area (Å²) in [7, 11) is 0. The highest BCUT2D eigenvalue weighted by Crippen LogP contribution is 2.30. The molecule has 1 aromatic carbocycles. The van der Waals surface area contributed by atoms with Crippen LogP contribution >= 0.6 is 0 Å². The van der Waals surface area contributed by atoms with Crippen molar-refractivity contribution in [1.29, 1.82) is 0 Å². The number of para-hydroxylation sites is 1. The van der Waals surface area contributed by atoms with E-state index >= 15 is 0 Å². The van der Waals surface area contributed by atoms with Crippen LogP contribution < -0.4 is 16.4 Å². The molecule has 0 spiro atoms. The van der Waals surface area contributed by atoms with E-state index in [1.165, 1.54) is 6.07 Å². The summed E-state index contributed by atoms with van der Waals surface area (Å²) in [6.07, 6.45) is 0.225. The van der Waals surface area contributed by atoms with Crippen LogP contribution in [0.3, 0.4) is 0 Å². The molecule has 0 aliphatic rings. The third-order valence-electron chi connectivity index (χ3n) is 2.43. The van der Waals surface area contributed by atoms with Crippen molar-refractivity contribution < 1.29 is 9.72 Å². The van der Waals surface area contributed by atoms with Gasteiger partial charge < -0.3 is 16.4 Å². The lowest BCUT2D eigenvalue weighted by Gasteiger charge is -2.20. The number of hydrogen-bond donors (Lipinski definition) is 3. The van der Waals surface area contributed by atoms with Gasteiger partial charge >= 0.3 is 5.69 Å². The summed E-state index contributed by atoms with van der Waals surface area (Å²) < 4.78 is 0. The summed E-state index contributed by atoms with van der Waals surface area (Å²) in [6.45, 7) is 5.97. The van der Waals surface area contributed by atoms with Crippen molar-refractivity contribution in [2.75, 3.05) is 17.6 Å². The van der Waals surface area contributed by atoms with E-state index in [2.05, 4.69) is 10.6 Å². The Kier molecular flexibility index (Phi) is 4.90. The lowest BCUT2D eigenvalue weighted by Crippen LogP contribution is -2.41. The van der Waals surface area contributed by atoms with Gasteiger partial charge in [-0.05, 0) is 32.9 Å². The van der Waals surface area contributed by atoms with Crippen LogP contribution in [0.25, 0.3) is 0 Å². The Morgan fingerprint density at radius 3 is 2.60 bits per heavy atom. The van der Waals surface area contributed by atoms with Crippen LogP contribution in [0.2, 0.25) is 0 Å². The standard InChI is InChI=1S/C13H20N4O3/c1-13(2,3)16-11(18)7-8-15-10-6-4-5-9(14)12(10)17(19)20/h4-6,15H,7-8,14H2,1-3H3,(H,16,18). The molecule has 0 saturated heterocycles. The molecule has 0 radical (unpaired) electrons. The highest BCUT2D eigenvalue weighted by molar-refractivity contribution is 5.78. The SMILES string of the molecule is CC(C)(C)NC(=O)CCNc1cccc(N)c1[N+](=O)[O-]. The fourth-order valence-electron chi connectivity index (χ4n) is 1.70. The van der Waals surface area contributed by atoms with Crippen molar-refractivity contribution in [2.45, 2.75) is 32.7 Å². The molecule has 0 aliphatic heterocycles. The van der Waals surface area contributed by atoms with Crippen molar-refractivity contribution in [2.24, 2.45) is 0 Å². The summed E-state index contributed by atoms with van der Waals surface area (Å²) in [5, 5.41) is 16.6. The first-order valence-corrected chi connectivity index (χ1v) is 6.28. The summed E-state index contributed by atoms with van der Waals surface area (Å²) in [4.78, 5) is 22.0. The minimum absolute atomic E-state index is 0.0964. The number of nitro groups is 1. The van der Waals surface area contributed by atoms with Crippen LogP contribution in [-0.2, 0) is 4.79 Å². The Balaban J connectivity index is 2.61. The predicted octanol–water partition coefficient (Wildman–Crippen LogP) is 1.89. The lowest BCUT2D eigenvalue weighted by molar-refractivity contribution is -0.383. The average Bonchev–Trinajstić information content (AvgIpc) is 2.25. The molecule has 110 valence electrons. The molecule has 0 heterocycles. The van der Waals surface area contributed by atoms with Gasteiger partial charge in [0.25, 0.3) is 0 Å². The van der Waals surface area contributed by atoms with Crippen molar-refractivity contribution in [1.82, 2.24) is 5.32 Å². The van der Waals surface area contributed by atoms with Gasteiger partial charge in [0.1, 0.15) is 11.4 Å². The lowest BCUT2D eigenvalue weighted by atomic mass is 10.1. The first kappa shape index (κ1) is 15.7. The molecule has 0 fully saturated rings. The maximum atomic E-state index is 11.6. The third kappa shape index (κ3) is 4.75. The van der Waals surface area contributed by atoms with Crippen molar-refractivity contribution >= 4 is 23.0 Å². The summed E-state index contributed by atoms with van der Waals surface area (Å²) in [5.41, 5.74) is 5.54. The number of benzene rings is 1. The molecule has 7 heteroatoms. The molecule has 7 nitrogen and oxygen atoms in total. The molecule has 0 saturated carbocycles. The summed E-state index contributed by atoms with van der Waals surface area (Å²) >= 11 is 0. The van der Waals surface area contributed by atoms with Crippen LogP contribution in [0.15, 0.2) is 18.2 Å². The minimum atomic E-state index is -0.535. The van der Waals surface area contributed by atoms with E-state index in [1.54, 1.807) is 12.1 Å². The van der Waals surface area contributed by atoms with Gasteiger partial charge in [-0.1, -0.05) is 6.07 Å². The number of carbonyl (C=O) groups excluding carboxylic acids is 1. The van der Waals surface area contributed by atoms with E-state index in [4.69, 9.17) is 5.73 Å². The van der Waals surface area contributed by atoms with E-state index in [0.29, 0.717) is 12.2 Å². The van der Waals surface area contributed by atoms with Gasteiger partial charge in [0.2, 0.25) is 5.91 Å². The number of nitro benzene ring substituents is 1. The van der Waals surface area contributed by atoms with Gasteiger partial charge in [0, 0.05) is 18.5 Å². The minimum Gasteiger partial charge on any atom is -0.393 e. The quantitative estimate of drug-likeness (QED) is 0.433. The Morgan fingerprint density at radius 2 is 2.05 bits per heavy atom. The second-order valence-corrected chi connectivity index (χ2v) is 5.48. The number of nitrogens with two attached hydrogens (primary N) is 1. The largest absolute Gasteiger partial charge is 0.393 e. The second-order valence-electron chi connectivity index (χ2n) is 5.48. The number of amides is 1. The fourth-order valence-corrected chi connectivity index (χ4v) is 1.70. The molecule has 0 bridgehead atoms. The van der Waals surface area contributed by atoms with Gasteiger partial charge in [-0.25, -0.2) is 0 Å². The van der Waals surface area contributed by atoms with Gasteiger partial charge in [0.15, 0.2) is 0 Å². The molecule has 0 aromatic heterocycles. The third-order valence-corrected chi connectivity index (χ3v) is 2.43. The fraction of sp³-hybridized carbons (Fsp3) is 0.462. The average molecular weight is 280 g/mol. The first-order chi connectivity index (χ1) is 9.20. The maximum Gasteiger partial charge on any atom is 0.314 e. The molecule has 0 atom stereocenters. The zero-order chi connectivity index (χ0) is 15.3. The topological polar surface area (TPSA) is 110 Å². The van der Waals surface area contributed by atoms with Gasteiger partial charge in [-0.2, -0.15) is 0 Å². The highest BCUT2D eigenvalue weighted by Gasteiger charge is 2.18. The Labute approximate surface area is 117 Å².